The van der Waals surface area contributed by atoms with E-state index in [2.05, 4.69) is 5.32 Å². The van der Waals surface area contributed by atoms with Crippen molar-refractivity contribution < 1.29 is 17.9 Å². The Morgan fingerprint density at radius 1 is 0.966 bits per heavy atom. The van der Waals surface area contributed by atoms with Gasteiger partial charge in [0.05, 0.1) is 12.3 Å². The summed E-state index contributed by atoms with van der Waals surface area (Å²) in [5.41, 5.74) is 3.02. The van der Waals surface area contributed by atoms with E-state index in [-0.39, 0.29) is 18.9 Å². The van der Waals surface area contributed by atoms with Crippen molar-refractivity contribution in [3.63, 3.8) is 0 Å². The van der Waals surface area contributed by atoms with Gasteiger partial charge in [-0.3, -0.25) is 4.79 Å². The summed E-state index contributed by atoms with van der Waals surface area (Å²) in [5, 5.41) is 4.48. The SMILES string of the molecule is Cc1ccc(OCCNC(=O)CS(=O)(=O)Cc2cccc3ccccc23)cc1C. The lowest BCUT2D eigenvalue weighted by atomic mass is 10.1. The lowest BCUT2D eigenvalue weighted by molar-refractivity contribution is -0.118. The molecule has 0 bridgehead atoms. The molecule has 0 radical (unpaired) electrons. The van der Waals surface area contributed by atoms with Crippen LogP contribution in [0.3, 0.4) is 0 Å². The van der Waals surface area contributed by atoms with Crippen LogP contribution in [0.4, 0.5) is 0 Å². The zero-order chi connectivity index (χ0) is 20.9. The number of amides is 1. The van der Waals surface area contributed by atoms with Gasteiger partial charge in [0.1, 0.15) is 18.1 Å². The minimum atomic E-state index is -3.58. The molecule has 0 atom stereocenters. The molecular formula is C23H25NO4S. The van der Waals surface area contributed by atoms with E-state index in [1.807, 2.05) is 68.4 Å². The maximum Gasteiger partial charge on any atom is 0.235 e. The highest BCUT2D eigenvalue weighted by Gasteiger charge is 2.18. The number of ether oxygens (including phenoxy) is 1. The highest BCUT2D eigenvalue weighted by atomic mass is 32.2. The first kappa shape index (κ1) is 20.9. The summed E-state index contributed by atoms with van der Waals surface area (Å²) >= 11 is 0. The minimum absolute atomic E-state index is 0.166. The Balaban J connectivity index is 1.50. The molecule has 5 nitrogen and oxygen atoms in total. The smallest absolute Gasteiger partial charge is 0.235 e. The predicted molar refractivity (Wildman–Crippen MR) is 116 cm³/mol. The maximum absolute atomic E-state index is 12.5. The van der Waals surface area contributed by atoms with Crippen LogP contribution >= 0.6 is 0 Å². The second-order valence-corrected chi connectivity index (χ2v) is 9.18. The van der Waals surface area contributed by atoms with E-state index in [9.17, 15) is 13.2 Å². The van der Waals surface area contributed by atoms with Crippen LogP contribution < -0.4 is 10.1 Å². The first-order chi connectivity index (χ1) is 13.8. The molecule has 0 spiro atoms. The van der Waals surface area contributed by atoms with Gasteiger partial charge in [0, 0.05) is 0 Å². The maximum atomic E-state index is 12.5. The monoisotopic (exact) mass is 411 g/mol. The normalized spacial score (nSPS) is 11.4. The van der Waals surface area contributed by atoms with Gasteiger partial charge in [-0.25, -0.2) is 8.42 Å². The molecular weight excluding hydrogens is 386 g/mol. The van der Waals surface area contributed by atoms with Crippen molar-refractivity contribution in [3.8, 4) is 5.75 Å². The van der Waals surface area contributed by atoms with Crippen molar-refractivity contribution in [2.75, 3.05) is 18.9 Å². The predicted octanol–water partition coefficient (Wildman–Crippen LogP) is 3.57. The zero-order valence-corrected chi connectivity index (χ0v) is 17.5. The summed E-state index contributed by atoms with van der Waals surface area (Å²) in [7, 11) is -3.58. The van der Waals surface area contributed by atoms with Gasteiger partial charge in [-0.05, 0) is 53.4 Å². The van der Waals surface area contributed by atoms with E-state index in [1.165, 1.54) is 5.56 Å². The van der Waals surface area contributed by atoms with E-state index in [1.54, 1.807) is 6.07 Å². The highest BCUT2D eigenvalue weighted by Crippen LogP contribution is 2.20. The Kier molecular flexibility index (Phi) is 6.54. The average molecular weight is 412 g/mol. The van der Waals surface area contributed by atoms with Crippen molar-refractivity contribution in [3.05, 3.63) is 77.4 Å². The molecule has 0 fully saturated rings. The van der Waals surface area contributed by atoms with E-state index >= 15 is 0 Å². The van der Waals surface area contributed by atoms with E-state index < -0.39 is 21.5 Å². The van der Waals surface area contributed by atoms with Crippen LogP contribution in [-0.4, -0.2) is 33.2 Å². The van der Waals surface area contributed by atoms with Gasteiger partial charge in [0.25, 0.3) is 0 Å². The van der Waals surface area contributed by atoms with E-state index in [4.69, 9.17) is 4.74 Å². The van der Waals surface area contributed by atoms with Crippen LogP contribution in [0.25, 0.3) is 10.8 Å². The third-order valence-corrected chi connectivity index (χ3v) is 6.23. The third kappa shape index (κ3) is 5.81. The molecule has 3 aromatic carbocycles. The summed E-state index contributed by atoms with van der Waals surface area (Å²) in [6, 6.07) is 19.0. The van der Waals surface area contributed by atoms with Crippen molar-refractivity contribution in [2.24, 2.45) is 0 Å². The molecule has 0 aliphatic rings. The summed E-state index contributed by atoms with van der Waals surface area (Å²) < 4.78 is 30.6. The number of carbonyl (C=O) groups is 1. The standard InChI is InChI=1S/C23H25NO4S/c1-17-10-11-21(14-18(17)2)28-13-12-24-23(25)16-29(26,27)15-20-8-5-7-19-6-3-4-9-22(19)20/h3-11,14H,12-13,15-16H2,1-2H3,(H,24,25). The molecule has 0 unspecified atom stereocenters. The van der Waals surface area contributed by atoms with Gasteiger partial charge in [-0.1, -0.05) is 48.5 Å². The molecule has 3 aromatic rings. The van der Waals surface area contributed by atoms with Crippen molar-refractivity contribution in [2.45, 2.75) is 19.6 Å². The Morgan fingerprint density at radius 2 is 1.72 bits per heavy atom. The molecule has 0 heterocycles. The van der Waals surface area contributed by atoms with Crippen LogP contribution in [0.15, 0.2) is 60.7 Å². The molecule has 1 amide bonds. The number of hydrogen-bond acceptors (Lipinski definition) is 4. The van der Waals surface area contributed by atoms with Crippen LogP contribution in [0.2, 0.25) is 0 Å². The van der Waals surface area contributed by atoms with E-state index in [0.29, 0.717) is 5.56 Å². The average Bonchev–Trinajstić information content (AvgIpc) is 2.67. The number of benzene rings is 3. The first-order valence-corrected chi connectivity index (χ1v) is 11.3. The molecule has 29 heavy (non-hydrogen) atoms. The number of nitrogens with one attached hydrogen (secondary N) is 1. The molecule has 0 aliphatic carbocycles. The molecule has 0 saturated heterocycles. The Labute approximate surface area is 171 Å². The number of carbonyl (C=O) groups excluding carboxylic acids is 1. The largest absolute Gasteiger partial charge is 0.492 e. The lowest BCUT2D eigenvalue weighted by Gasteiger charge is -2.10. The van der Waals surface area contributed by atoms with Gasteiger partial charge < -0.3 is 10.1 Å². The zero-order valence-electron chi connectivity index (χ0n) is 16.6. The molecule has 1 N–H and O–H groups in total. The molecule has 0 aliphatic heterocycles. The molecule has 3 rings (SSSR count). The number of hydrogen-bond donors (Lipinski definition) is 1. The van der Waals surface area contributed by atoms with Crippen molar-refractivity contribution in [1.29, 1.82) is 0 Å². The quantitative estimate of drug-likeness (QED) is 0.575. The molecule has 0 saturated carbocycles. The van der Waals surface area contributed by atoms with Crippen molar-refractivity contribution in [1.82, 2.24) is 5.32 Å². The summed E-state index contributed by atoms with van der Waals surface area (Å²) in [5.74, 6) is -0.499. The van der Waals surface area contributed by atoms with E-state index in [0.717, 1.165) is 22.1 Å². The Hall–Kier alpha value is -2.86. The van der Waals surface area contributed by atoms with Gasteiger partial charge in [-0.15, -0.1) is 0 Å². The fourth-order valence-corrected chi connectivity index (χ4v) is 4.45. The minimum Gasteiger partial charge on any atom is -0.492 e. The van der Waals surface area contributed by atoms with Gasteiger partial charge in [0.2, 0.25) is 5.91 Å². The van der Waals surface area contributed by atoms with Crippen LogP contribution in [0.5, 0.6) is 5.75 Å². The summed E-state index contributed by atoms with van der Waals surface area (Å²) in [6.45, 7) is 4.55. The number of sulfone groups is 1. The summed E-state index contributed by atoms with van der Waals surface area (Å²) in [4.78, 5) is 12.1. The molecule has 6 heteroatoms. The first-order valence-electron chi connectivity index (χ1n) is 9.48. The second-order valence-electron chi connectivity index (χ2n) is 7.11. The molecule has 0 aromatic heterocycles. The highest BCUT2D eigenvalue weighted by molar-refractivity contribution is 7.91. The van der Waals surface area contributed by atoms with Crippen LogP contribution in [0.1, 0.15) is 16.7 Å². The fourth-order valence-electron chi connectivity index (χ4n) is 3.12. The number of fused-ring (bicyclic) bond motifs is 1. The van der Waals surface area contributed by atoms with Crippen LogP contribution in [-0.2, 0) is 20.4 Å². The van der Waals surface area contributed by atoms with Gasteiger partial charge >= 0.3 is 0 Å². The van der Waals surface area contributed by atoms with Gasteiger partial charge in [0.15, 0.2) is 9.84 Å². The number of rotatable bonds is 8. The fraction of sp³-hybridized carbons (Fsp3) is 0.261. The topological polar surface area (TPSA) is 72.5 Å². The Morgan fingerprint density at radius 3 is 2.52 bits per heavy atom. The second kappa shape index (κ2) is 9.09. The van der Waals surface area contributed by atoms with Gasteiger partial charge in [-0.2, -0.15) is 0 Å². The summed E-state index contributed by atoms with van der Waals surface area (Å²) in [6.07, 6.45) is 0. The van der Waals surface area contributed by atoms with Crippen LogP contribution in [0, 0.1) is 13.8 Å². The molecule has 152 valence electrons. The number of aryl methyl sites for hydroxylation is 2. The third-order valence-electron chi connectivity index (χ3n) is 4.78. The lowest BCUT2D eigenvalue weighted by Crippen LogP contribution is -2.33. The van der Waals surface area contributed by atoms with Crippen molar-refractivity contribution >= 4 is 26.5 Å². The Bertz CT molecular complexity index is 1120.